The molecule has 0 aliphatic heterocycles. The third kappa shape index (κ3) is 2.95. The molecule has 0 bridgehead atoms. The van der Waals surface area contributed by atoms with Crippen LogP contribution in [0.25, 0.3) is 0 Å². The van der Waals surface area contributed by atoms with E-state index in [-0.39, 0.29) is 0 Å². The molecule has 0 saturated heterocycles. The Balaban J connectivity index is 3.04. The minimum absolute atomic E-state index is 0.405. The molecule has 4 heteroatoms. The minimum atomic E-state index is -0.825. The van der Waals surface area contributed by atoms with Gasteiger partial charge in [0.25, 0.3) is 0 Å². The van der Waals surface area contributed by atoms with Crippen molar-refractivity contribution in [3.05, 3.63) is 33.3 Å². The first-order chi connectivity index (χ1) is 6.84. The monoisotopic (exact) mass is 290 g/mol. The maximum absolute atomic E-state index is 11.0. The number of carbonyl (C=O) groups is 1. The zero-order valence-electron chi connectivity index (χ0n) is 8.55. The van der Waals surface area contributed by atoms with Crippen LogP contribution >= 0.6 is 27.5 Å². The van der Waals surface area contributed by atoms with Crippen LogP contribution in [0.2, 0.25) is 5.02 Å². The van der Waals surface area contributed by atoms with Crippen molar-refractivity contribution in [2.75, 3.05) is 0 Å². The van der Waals surface area contributed by atoms with E-state index < -0.39 is 11.4 Å². The SMILES string of the molecule is CC(C)(Cc1c(Cl)cccc1Br)C(=O)O. The molecule has 0 aromatic heterocycles. The van der Waals surface area contributed by atoms with Gasteiger partial charge in [0, 0.05) is 9.50 Å². The number of hydrogen-bond acceptors (Lipinski definition) is 1. The van der Waals surface area contributed by atoms with Crippen LogP contribution in [0.1, 0.15) is 19.4 Å². The lowest BCUT2D eigenvalue weighted by Gasteiger charge is -2.20. The molecule has 0 fully saturated rings. The van der Waals surface area contributed by atoms with Crippen LogP contribution in [0.4, 0.5) is 0 Å². The molecule has 82 valence electrons. The van der Waals surface area contributed by atoms with Crippen molar-refractivity contribution in [1.82, 2.24) is 0 Å². The quantitative estimate of drug-likeness (QED) is 0.921. The third-order valence-electron chi connectivity index (χ3n) is 2.26. The van der Waals surface area contributed by atoms with Gasteiger partial charge in [0.05, 0.1) is 5.41 Å². The molecule has 1 aromatic rings. The van der Waals surface area contributed by atoms with E-state index in [1.54, 1.807) is 19.9 Å². The van der Waals surface area contributed by atoms with E-state index >= 15 is 0 Å². The second-order valence-electron chi connectivity index (χ2n) is 4.07. The third-order valence-corrected chi connectivity index (χ3v) is 3.36. The Kier molecular flexibility index (Phi) is 3.79. The average molecular weight is 292 g/mol. The molecule has 2 nitrogen and oxygen atoms in total. The molecule has 1 aromatic carbocycles. The van der Waals surface area contributed by atoms with E-state index in [0.29, 0.717) is 11.4 Å². The summed E-state index contributed by atoms with van der Waals surface area (Å²) in [5.74, 6) is -0.825. The Labute approximate surface area is 102 Å². The molecule has 1 N–H and O–H groups in total. The summed E-state index contributed by atoms with van der Waals surface area (Å²) in [6.45, 7) is 3.37. The van der Waals surface area contributed by atoms with Crippen LogP contribution in [0.3, 0.4) is 0 Å². The molecular formula is C11H12BrClO2. The topological polar surface area (TPSA) is 37.3 Å². The van der Waals surface area contributed by atoms with E-state index in [2.05, 4.69) is 15.9 Å². The summed E-state index contributed by atoms with van der Waals surface area (Å²) in [6, 6.07) is 5.45. The van der Waals surface area contributed by atoms with Crippen LogP contribution in [0, 0.1) is 5.41 Å². The molecule has 0 heterocycles. The summed E-state index contributed by atoms with van der Waals surface area (Å²) in [4.78, 5) is 11.0. The Hall–Kier alpha value is -0.540. The Bertz CT molecular complexity index is 368. The lowest BCUT2D eigenvalue weighted by atomic mass is 9.86. The number of hydrogen-bond donors (Lipinski definition) is 1. The van der Waals surface area contributed by atoms with Gasteiger partial charge in [0.15, 0.2) is 0 Å². The van der Waals surface area contributed by atoms with Gasteiger partial charge in [-0.15, -0.1) is 0 Å². The van der Waals surface area contributed by atoms with E-state index in [0.717, 1.165) is 10.0 Å². The summed E-state index contributed by atoms with van der Waals surface area (Å²) < 4.78 is 0.851. The normalized spacial score (nSPS) is 11.5. The van der Waals surface area contributed by atoms with Gasteiger partial charge in [-0.3, -0.25) is 4.79 Å². The summed E-state index contributed by atoms with van der Waals surface area (Å²) in [5, 5.41) is 9.62. The molecule has 0 aliphatic carbocycles. The Morgan fingerprint density at radius 2 is 2.13 bits per heavy atom. The molecule has 0 atom stereocenters. The highest BCUT2D eigenvalue weighted by atomic mass is 79.9. The highest BCUT2D eigenvalue weighted by Gasteiger charge is 2.28. The standard InChI is InChI=1S/C11H12BrClO2/c1-11(2,10(14)15)6-7-8(12)4-3-5-9(7)13/h3-5H,6H2,1-2H3,(H,14,15). The predicted octanol–water partition coefficient (Wildman–Crippen LogP) is 3.76. The summed E-state index contributed by atoms with van der Waals surface area (Å²) in [7, 11) is 0. The molecule has 0 aliphatic rings. The maximum Gasteiger partial charge on any atom is 0.309 e. The lowest BCUT2D eigenvalue weighted by Crippen LogP contribution is -2.26. The summed E-state index contributed by atoms with van der Waals surface area (Å²) in [5.41, 5.74) is 0.0274. The smallest absolute Gasteiger partial charge is 0.309 e. The zero-order valence-corrected chi connectivity index (χ0v) is 10.9. The van der Waals surface area contributed by atoms with Crippen LogP contribution in [0.15, 0.2) is 22.7 Å². The van der Waals surface area contributed by atoms with Crippen LogP contribution in [0.5, 0.6) is 0 Å². The summed E-state index contributed by atoms with van der Waals surface area (Å²) in [6.07, 6.45) is 0.405. The number of benzene rings is 1. The predicted molar refractivity (Wildman–Crippen MR) is 64.3 cm³/mol. The fourth-order valence-corrected chi connectivity index (χ4v) is 2.08. The first kappa shape index (κ1) is 12.5. The van der Waals surface area contributed by atoms with Gasteiger partial charge in [0.1, 0.15) is 0 Å². The molecule has 0 saturated carbocycles. The van der Waals surface area contributed by atoms with E-state index in [9.17, 15) is 4.79 Å². The van der Waals surface area contributed by atoms with Gasteiger partial charge < -0.3 is 5.11 Å². The molecule has 1 rings (SSSR count). The van der Waals surface area contributed by atoms with Crippen molar-refractivity contribution >= 4 is 33.5 Å². The summed E-state index contributed by atoms with van der Waals surface area (Å²) >= 11 is 9.39. The molecule has 15 heavy (non-hydrogen) atoms. The number of carboxylic acid groups (broad SMARTS) is 1. The second-order valence-corrected chi connectivity index (χ2v) is 5.33. The number of halogens is 2. The van der Waals surface area contributed by atoms with Crippen molar-refractivity contribution in [3.8, 4) is 0 Å². The largest absolute Gasteiger partial charge is 0.481 e. The average Bonchev–Trinajstić information content (AvgIpc) is 2.11. The zero-order chi connectivity index (χ0) is 11.6. The van der Waals surface area contributed by atoms with Gasteiger partial charge in [-0.1, -0.05) is 33.6 Å². The minimum Gasteiger partial charge on any atom is -0.481 e. The van der Waals surface area contributed by atoms with Crippen molar-refractivity contribution < 1.29 is 9.90 Å². The van der Waals surface area contributed by atoms with Crippen molar-refractivity contribution in [1.29, 1.82) is 0 Å². The molecule has 0 radical (unpaired) electrons. The number of rotatable bonds is 3. The van der Waals surface area contributed by atoms with E-state index in [1.807, 2.05) is 12.1 Å². The first-order valence-electron chi connectivity index (χ1n) is 4.51. The molecule has 0 spiro atoms. The van der Waals surface area contributed by atoms with E-state index in [1.165, 1.54) is 0 Å². The van der Waals surface area contributed by atoms with Crippen LogP contribution in [-0.2, 0) is 11.2 Å². The maximum atomic E-state index is 11.0. The fourth-order valence-electron chi connectivity index (χ4n) is 1.22. The van der Waals surface area contributed by atoms with Gasteiger partial charge in [-0.25, -0.2) is 0 Å². The van der Waals surface area contributed by atoms with Crippen molar-refractivity contribution in [2.24, 2.45) is 5.41 Å². The van der Waals surface area contributed by atoms with Crippen molar-refractivity contribution in [2.45, 2.75) is 20.3 Å². The second kappa shape index (κ2) is 4.54. The Morgan fingerprint density at radius 3 is 2.60 bits per heavy atom. The van der Waals surface area contributed by atoms with Crippen LogP contribution in [-0.4, -0.2) is 11.1 Å². The first-order valence-corrected chi connectivity index (χ1v) is 5.68. The van der Waals surface area contributed by atoms with Crippen molar-refractivity contribution in [3.63, 3.8) is 0 Å². The van der Waals surface area contributed by atoms with Gasteiger partial charge in [-0.2, -0.15) is 0 Å². The lowest BCUT2D eigenvalue weighted by molar-refractivity contribution is -0.146. The van der Waals surface area contributed by atoms with E-state index in [4.69, 9.17) is 16.7 Å². The number of carboxylic acids is 1. The fraction of sp³-hybridized carbons (Fsp3) is 0.364. The molecule has 0 amide bonds. The van der Waals surface area contributed by atoms with Gasteiger partial charge in [-0.05, 0) is 38.0 Å². The number of aliphatic carboxylic acids is 1. The van der Waals surface area contributed by atoms with Gasteiger partial charge in [0.2, 0.25) is 0 Å². The van der Waals surface area contributed by atoms with Gasteiger partial charge >= 0.3 is 5.97 Å². The molecule has 0 unspecified atom stereocenters. The highest BCUT2D eigenvalue weighted by molar-refractivity contribution is 9.10. The highest BCUT2D eigenvalue weighted by Crippen LogP contribution is 2.31. The molecular weight excluding hydrogens is 279 g/mol. The van der Waals surface area contributed by atoms with Crippen LogP contribution < -0.4 is 0 Å². The Morgan fingerprint density at radius 1 is 1.53 bits per heavy atom.